The molecule has 2 aromatic heterocycles. The normalized spacial score (nSPS) is 15.2. The van der Waals surface area contributed by atoms with Crippen molar-refractivity contribution >= 4 is 23.4 Å². The second-order valence-corrected chi connectivity index (χ2v) is 10.6. The van der Waals surface area contributed by atoms with E-state index in [0.717, 1.165) is 28.2 Å². The van der Waals surface area contributed by atoms with Crippen LogP contribution in [0.15, 0.2) is 75.7 Å². The van der Waals surface area contributed by atoms with Gasteiger partial charge in [-0.2, -0.15) is 0 Å². The Kier molecular flexibility index (Phi) is 7.14. The Morgan fingerprint density at radius 2 is 1.74 bits per heavy atom. The summed E-state index contributed by atoms with van der Waals surface area (Å²) in [5, 5.41) is 0. The van der Waals surface area contributed by atoms with Crippen molar-refractivity contribution in [3.05, 3.63) is 114 Å². The smallest absolute Gasteiger partial charge is 0.338 e. The molecule has 0 amide bonds. The lowest BCUT2D eigenvalue weighted by molar-refractivity contribution is -0.139. The van der Waals surface area contributed by atoms with Crippen molar-refractivity contribution < 1.29 is 14.3 Å². The summed E-state index contributed by atoms with van der Waals surface area (Å²) in [6, 6.07) is 17.2. The number of hydrogen-bond donors (Lipinski definition) is 0. The Balaban J connectivity index is 1.68. The number of rotatable bonds is 6. The molecule has 3 heterocycles. The van der Waals surface area contributed by atoms with E-state index in [2.05, 4.69) is 60.7 Å². The van der Waals surface area contributed by atoms with Crippen LogP contribution in [0.2, 0.25) is 0 Å². The number of hydrogen-bond acceptors (Lipinski definition) is 6. The molecule has 0 saturated heterocycles. The van der Waals surface area contributed by atoms with Crippen molar-refractivity contribution in [1.82, 2.24) is 9.13 Å². The highest BCUT2D eigenvalue weighted by atomic mass is 32.1. The zero-order valence-corrected chi connectivity index (χ0v) is 23.8. The fourth-order valence-electron chi connectivity index (χ4n) is 5.06. The van der Waals surface area contributed by atoms with Gasteiger partial charge in [-0.3, -0.25) is 9.36 Å². The van der Waals surface area contributed by atoms with Gasteiger partial charge in [-0.15, -0.1) is 0 Å². The van der Waals surface area contributed by atoms with E-state index < -0.39 is 12.0 Å². The highest BCUT2D eigenvalue weighted by Gasteiger charge is 2.33. The molecular formula is C31H31N3O4S. The van der Waals surface area contributed by atoms with Crippen molar-refractivity contribution in [3.63, 3.8) is 0 Å². The Morgan fingerprint density at radius 3 is 2.38 bits per heavy atom. The number of esters is 1. The Bertz CT molecular complexity index is 1770. The fourth-order valence-corrected chi connectivity index (χ4v) is 6.10. The molecule has 200 valence electrons. The van der Waals surface area contributed by atoms with Gasteiger partial charge in [-0.25, -0.2) is 9.79 Å². The molecule has 1 atom stereocenters. The molecule has 2 aromatic carbocycles. The van der Waals surface area contributed by atoms with Gasteiger partial charge in [0.05, 0.1) is 35.6 Å². The van der Waals surface area contributed by atoms with Gasteiger partial charge in [0.1, 0.15) is 5.75 Å². The fraction of sp³-hybridized carbons (Fsp3) is 0.258. The summed E-state index contributed by atoms with van der Waals surface area (Å²) >= 11 is 1.32. The highest BCUT2D eigenvalue weighted by molar-refractivity contribution is 7.07. The third-order valence-corrected chi connectivity index (χ3v) is 7.98. The van der Waals surface area contributed by atoms with E-state index in [-0.39, 0.29) is 12.2 Å². The van der Waals surface area contributed by atoms with Gasteiger partial charge < -0.3 is 14.0 Å². The number of fused-ring (bicyclic) bond motifs is 1. The predicted molar refractivity (Wildman–Crippen MR) is 153 cm³/mol. The largest absolute Gasteiger partial charge is 0.497 e. The Morgan fingerprint density at radius 1 is 1.05 bits per heavy atom. The van der Waals surface area contributed by atoms with Crippen LogP contribution in [-0.2, 0) is 9.53 Å². The molecule has 0 radical (unpaired) electrons. The third-order valence-electron chi connectivity index (χ3n) is 7.00. The van der Waals surface area contributed by atoms with Crippen LogP contribution in [0.3, 0.4) is 0 Å². The number of benzene rings is 2. The zero-order chi connectivity index (χ0) is 27.8. The lowest BCUT2D eigenvalue weighted by Gasteiger charge is -2.24. The van der Waals surface area contributed by atoms with E-state index in [4.69, 9.17) is 9.47 Å². The maximum Gasteiger partial charge on any atom is 0.338 e. The monoisotopic (exact) mass is 541 g/mol. The first-order valence-corrected chi connectivity index (χ1v) is 13.6. The van der Waals surface area contributed by atoms with Gasteiger partial charge in [-0.1, -0.05) is 41.2 Å². The number of allylic oxidation sites excluding steroid dienone is 1. The number of carbonyl (C=O) groups is 1. The van der Waals surface area contributed by atoms with Crippen LogP contribution in [-0.4, -0.2) is 28.8 Å². The van der Waals surface area contributed by atoms with Crippen molar-refractivity contribution in [2.75, 3.05) is 13.7 Å². The molecule has 1 aliphatic heterocycles. The second-order valence-electron chi connectivity index (χ2n) is 9.57. The number of carbonyl (C=O) groups excluding carboxylic acids is 1. The third kappa shape index (κ3) is 4.76. The summed E-state index contributed by atoms with van der Waals surface area (Å²) in [7, 11) is 1.60. The number of ether oxygens (including phenoxy) is 2. The van der Waals surface area contributed by atoms with Gasteiger partial charge in [0.15, 0.2) is 4.80 Å². The predicted octanol–water partition coefficient (Wildman–Crippen LogP) is 4.52. The Hall–Kier alpha value is -4.17. The van der Waals surface area contributed by atoms with Crippen molar-refractivity contribution in [2.45, 2.75) is 40.7 Å². The van der Waals surface area contributed by atoms with Gasteiger partial charge in [-0.05, 0) is 82.2 Å². The minimum Gasteiger partial charge on any atom is -0.497 e. The topological polar surface area (TPSA) is 74.8 Å². The summed E-state index contributed by atoms with van der Waals surface area (Å²) in [6.45, 7) is 9.96. The molecule has 4 aromatic rings. The first kappa shape index (κ1) is 26.4. The van der Waals surface area contributed by atoms with Crippen molar-refractivity contribution in [1.29, 1.82) is 0 Å². The number of thiazole rings is 1. The molecule has 0 N–H and O–H groups in total. The number of nitrogens with zero attached hydrogens (tertiary/aromatic N) is 3. The van der Waals surface area contributed by atoms with Crippen LogP contribution in [0.1, 0.15) is 48.0 Å². The van der Waals surface area contributed by atoms with E-state index in [0.29, 0.717) is 26.4 Å². The lowest BCUT2D eigenvalue weighted by atomic mass is 9.96. The minimum absolute atomic E-state index is 0.200. The molecular weight excluding hydrogens is 510 g/mol. The molecule has 0 bridgehead atoms. The molecule has 0 aliphatic carbocycles. The maximum absolute atomic E-state index is 13.9. The molecule has 8 heteroatoms. The van der Waals surface area contributed by atoms with Crippen molar-refractivity contribution in [2.24, 2.45) is 4.99 Å². The molecule has 7 nitrogen and oxygen atoms in total. The SMILES string of the molecule is CCOC(=O)C1=C(C)N=c2s/c(=C\c3cc(C)n(-c4ccc(C)cc4)c3C)c(=O)n2[C@@H]1c1ccc(OC)cc1. The zero-order valence-electron chi connectivity index (χ0n) is 22.9. The molecule has 0 saturated carbocycles. The van der Waals surface area contributed by atoms with Gasteiger partial charge in [0, 0.05) is 17.1 Å². The van der Waals surface area contributed by atoms with E-state index in [1.54, 1.807) is 25.5 Å². The summed E-state index contributed by atoms with van der Waals surface area (Å²) in [5.74, 6) is 0.212. The standard InChI is InChI=1S/C31H31N3O4S/c1-7-38-30(36)27-20(4)32-31-34(28(27)22-10-14-25(37-6)15-11-22)29(35)26(39-31)17-23-16-19(3)33(21(23)5)24-12-8-18(2)9-13-24/h8-17,28H,7H2,1-6H3/b26-17-/t28-/m1/s1. The quantitative estimate of drug-likeness (QED) is 0.337. The van der Waals surface area contributed by atoms with Crippen LogP contribution in [0.5, 0.6) is 5.75 Å². The molecule has 0 spiro atoms. The van der Waals surface area contributed by atoms with Crippen LogP contribution in [0.4, 0.5) is 0 Å². The van der Waals surface area contributed by atoms with Gasteiger partial charge in [0.25, 0.3) is 5.56 Å². The van der Waals surface area contributed by atoms with Crippen molar-refractivity contribution in [3.8, 4) is 11.4 Å². The Labute approximate surface area is 231 Å². The molecule has 1 aliphatic rings. The van der Waals surface area contributed by atoms with Gasteiger partial charge in [0.2, 0.25) is 0 Å². The van der Waals surface area contributed by atoms with Crippen LogP contribution < -0.4 is 19.6 Å². The highest BCUT2D eigenvalue weighted by Crippen LogP contribution is 2.31. The summed E-state index contributed by atoms with van der Waals surface area (Å²) < 4.78 is 15.0. The average Bonchev–Trinajstić information content (AvgIpc) is 3.38. The maximum atomic E-state index is 13.9. The van der Waals surface area contributed by atoms with Gasteiger partial charge >= 0.3 is 5.97 Å². The molecule has 39 heavy (non-hydrogen) atoms. The summed E-state index contributed by atoms with van der Waals surface area (Å²) in [5.41, 5.74) is 6.83. The van der Waals surface area contributed by atoms with Crippen LogP contribution in [0.25, 0.3) is 11.8 Å². The second kappa shape index (κ2) is 10.5. The minimum atomic E-state index is -0.659. The molecule has 0 fully saturated rings. The number of aromatic nitrogens is 2. The molecule has 0 unspecified atom stereocenters. The van der Waals surface area contributed by atoms with E-state index >= 15 is 0 Å². The first-order valence-electron chi connectivity index (χ1n) is 12.8. The number of aryl methyl sites for hydroxylation is 2. The average molecular weight is 542 g/mol. The number of methoxy groups -OCH3 is 1. The lowest BCUT2D eigenvalue weighted by Crippen LogP contribution is -2.39. The van der Waals surface area contributed by atoms with Crippen LogP contribution in [0, 0.1) is 20.8 Å². The summed E-state index contributed by atoms with van der Waals surface area (Å²) in [4.78, 5) is 32.3. The van der Waals surface area contributed by atoms with Crippen LogP contribution >= 0.6 is 11.3 Å². The van der Waals surface area contributed by atoms with E-state index in [9.17, 15) is 9.59 Å². The van der Waals surface area contributed by atoms with E-state index in [1.807, 2.05) is 30.3 Å². The first-order chi connectivity index (χ1) is 18.7. The van der Waals surface area contributed by atoms with E-state index in [1.165, 1.54) is 16.9 Å². The molecule has 5 rings (SSSR count). The summed E-state index contributed by atoms with van der Waals surface area (Å²) in [6.07, 6.45) is 1.92.